The number of halogens is 4. The first-order chi connectivity index (χ1) is 21.1. The first kappa shape index (κ1) is 29.6. The number of anilines is 2. The number of benzene rings is 1. The molecule has 1 fully saturated rings. The number of morpholine rings is 1. The number of hydrogen-bond donors (Lipinski definition) is 2. The average molecular weight is 631 g/mol. The molecule has 1 unspecified atom stereocenters. The van der Waals surface area contributed by atoms with E-state index in [4.69, 9.17) is 16.3 Å². The highest BCUT2D eigenvalue weighted by Crippen LogP contribution is 2.36. The van der Waals surface area contributed by atoms with Crippen LogP contribution in [0.1, 0.15) is 35.9 Å². The smallest absolute Gasteiger partial charge is 0.263 e. The van der Waals surface area contributed by atoms with E-state index in [-0.39, 0.29) is 40.4 Å². The zero-order valence-corrected chi connectivity index (χ0v) is 24.1. The summed E-state index contributed by atoms with van der Waals surface area (Å²) >= 11 is 6.16. The lowest BCUT2D eigenvalue weighted by atomic mass is 10.0. The number of aromatic nitrogens is 4. The maximum atomic E-state index is 15.2. The molecule has 0 aliphatic carbocycles. The number of nitrogens with one attached hydrogen (secondary N) is 1. The van der Waals surface area contributed by atoms with Gasteiger partial charge in [-0.1, -0.05) is 11.6 Å². The Kier molecular flexibility index (Phi) is 7.80. The third-order valence-electron chi connectivity index (χ3n) is 7.87. The molecular formula is C29H26ClF3N6O5. The predicted molar refractivity (Wildman–Crippen MR) is 155 cm³/mol. The van der Waals surface area contributed by atoms with Gasteiger partial charge in [0.1, 0.15) is 28.9 Å². The van der Waals surface area contributed by atoms with E-state index in [1.165, 1.54) is 21.4 Å². The molecule has 1 atom stereocenters. The Balaban J connectivity index is 1.42. The van der Waals surface area contributed by atoms with E-state index in [1.807, 2.05) is 11.8 Å². The van der Waals surface area contributed by atoms with Crippen molar-refractivity contribution in [2.45, 2.75) is 45.3 Å². The first-order valence-corrected chi connectivity index (χ1v) is 14.3. The van der Waals surface area contributed by atoms with E-state index >= 15 is 4.39 Å². The molecule has 0 bridgehead atoms. The maximum absolute atomic E-state index is 15.2. The number of hydrogen-bond acceptors (Lipinski definition) is 8. The van der Waals surface area contributed by atoms with E-state index in [1.54, 1.807) is 0 Å². The highest BCUT2D eigenvalue weighted by molar-refractivity contribution is 6.33. The van der Waals surface area contributed by atoms with E-state index in [0.29, 0.717) is 45.0 Å². The summed E-state index contributed by atoms with van der Waals surface area (Å²) in [6.07, 6.45) is 3.39. The lowest BCUT2D eigenvalue weighted by molar-refractivity contribution is -0.116. The number of aldehydes is 1. The van der Waals surface area contributed by atoms with Crippen LogP contribution in [0.15, 0.2) is 23.1 Å². The number of rotatable bonds is 6. The van der Waals surface area contributed by atoms with Crippen molar-refractivity contribution in [3.63, 3.8) is 0 Å². The molecule has 6 rings (SSSR count). The molecule has 2 N–H and O–H groups in total. The number of fused-ring (bicyclic) bond motifs is 2. The van der Waals surface area contributed by atoms with Crippen LogP contribution in [-0.2, 0) is 29.0 Å². The molecule has 4 aromatic rings. The van der Waals surface area contributed by atoms with Crippen molar-refractivity contribution < 1.29 is 32.6 Å². The number of nitrogens with zero attached hydrogens (tertiary/aromatic N) is 5. The second kappa shape index (κ2) is 11.6. The van der Waals surface area contributed by atoms with Crippen molar-refractivity contribution in [1.82, 2.24) is 19.1 Å². The Morgan fingerprint density at radius 2 is 1.98 bits per heavy atom. The van der Waals surface area contributed by atoms with Gasteiger partial charge in [0, 0.05) is 42.9 Å². The SMILES string of the molecule is CC1COCCN1c1cc(NC(=O)Cn2cc(-c3cc(C=O)c(O)c(F)c3F)c3c(=O)n4c(nc32)CCCC4)c(Cl)c(F)n1. The number of phenolic OH excluding ortho intramolecular Hbond substituents is 1. The minimum absolute atomic E-state index is 0.0312. The van der Waals surface area contributed by atoms with Crippen LogP contribution in [0.2, 0.25) is 5.02 Å². The van der Waals surface area contributed by atoms with Gasteiger partial charge >= 0.3 is 0 Å². The molecule has 1 aromatic carbocycles. The number of carbonyl (C=O) groups excluding carboxylic acids is 2. The largest absolute Gasteiger partial charge is 0.504 e. The minimum atomic E-state index is -1.66. The molecule has 44 heavy (non-hydrogen) atoms. The van der Waals surface area contributed by atoms with Gasteiger partial charge in [0.05, 0.1) is 35.9 Å². The summed E-state index contributed by atoms with van der Waals surface area (Å²) in [5.74, 6) is -5.25. The van der Waals surface area contributed by atoms with Gasteiger partial charge in [0.25, 0.3) is 5.56 Å². The number of carbonyl (C=O) groups is 2. The van der Waals surface area contributed by atoms with E-state index in [9.17, 15) is 28.3 Å². The van der Waals surface area contributed by atoms with Crippen molar-refractivity contribution in [2.75, 3.05) is 30.0 Å². The molecule has 2 aliphatic rings. The minimum Gasteiger partial charge on any atom is -0.504 e. The molecular weight excluding hydrogens is 605 g/mol. The van der Waals surface area contributed by atoms with E-state index < -0.39 is 57.5 Å². The number of aromatic hydroxyl groups is 1. The molecule has 3 aromatic heterocycles. The van der Waals surface area contributed by atoms with Gasteiger partial charge in [-0.3, -0.25) is 19.0 Å². The zero-order chi connectivity index (χ0) is 31.3. The molecule has 1 saturated heterocycles. The van der Waals surface area contributed by atoms with Crippen LogP contribution in [0.3, 0.4) is 0 Å². The Morgan fingerprint density at radius 3 is 2.73 bits per heavy atom. The molecule has 0 radical (unpaired) electrons. The first-order valence-electron chi connectivity index (χ1n) is 13.9. The van der Waals surface area contributed by atoms with Crippen molar-refractivity contribution in [1.29, 1.82) is 0 Å². The fraction of sp³-hybridized carbons (Fsp3) is 0.345. The maximum Gasteiger partial charge on any atom is 0.263 e. The number of phenols is 1. The van der Waals surface area contributed by atoms with Gasteiger partial charge in [0.15, 0.2) is 17.9 Å². The number of ether oxygens (including phenoxy) is 1. The molecule has 0 saturated carbocycles. The quantitative estimate of drug-likeness (QED) is 0.241. The topological polar surface area (TPSA) is 132 Å². The van der Waals surface area contributed by atoms with Gasteiger partial charge < -0.3 is 24.6 Å². The number of amides is 1. The van der Waals surface area contributed by atoms with Crippen LogP contribution in [0.4, 0.5) is 24.7 Å². The lowest BCUT2D eigenvalue weighted by Crippen LogP contribution is -2.44. The monoisotopic (exact) mass is 630 g/mol. The molecule has 11 nitrogen and oxygen atoms in total. The summed E-state index contributed by atoms with van der Waals surface area (Å²) in [5.41, 5.74) is -1.65. The summed E-state index contributed by atoms with van der Waals surface area (Å²) in [6.45, 7) is 3.05. The summed E-state index contributed by atoms with van der Waals surface area (Å²) in [5, 5.41) is 11.9. The second-order valence-electron chi connectivity index (χ2n) is 10.7. The van der Waals surface area contributed by atoms with Crippen molar-refractivity contribution in [3.05, 3.63) is 62.7 Å². The van der Waals surface area contributed by atoms with Crippen LogP contribution in [-0.4, -0.2) is 62.2 Å². The Labute approximate surface area is 252 Å². The Morgan fingerprint density at radius 1 is 1.18 bits per heavy atom. The molecule has 0 spiro atoms. The average Bonchev–Trinajstić information content (AvgIpc) is 3.36. The van der Waals surface area contributed by atoms with E-state index in [0.717, 1.165) is 12.5 Å². The highest BCUT2D eigenvalue weighted by Gasteiger charge is 2.27. The van der Waals surface area contributed by atoms with Gasteiger partial charge in [0.2, 0.25) is 17.7 Å². The molecule has 1 amide bonds. The summed E-state index contributed by atoms with van der Waals surface area (Å²) in [7, 11) is 0. The van der Waals surface area contributed by atoms with Crippen molar-refractivity contribution in [2.24, 2.45) is 0 Å². The van der Waals surface area contributed by atoms with Crippen molar-refractivity contribution >= 4 is 46.3 Å². The normalized spacial score (nSPS) is 16.7. The van der Waals surface area contributed by atoms with Crippen molar-refractivity contribution in [3.8, 4) is 16.9 Å². The zero-order valence-electron chi connectivity index (χ0n) is 23.4. The second-order valence-corrected chi connectivity index (χ2v) is 11.1. The lowest BCUT2D eigenvalue weighted by Gasteiger charge is -2.34. The van der Waals surface area contributed by atoms with Gasteiger partial charge in [-0.05, 0) is 25.8 Å². The van der Waals surface area contributed by atoms with Crippen LogP contribution in [0.5, 0.6) is 5.75 Å². The van der Waals surface area contributed by atoms with Gasteiger partial charge in [-0.2, -0.15) is 8.78 Å². The highest BCUT2D eigenvalue weighted by atomic mass is 35.5. The fourth-order valence-corrected chi connectivity index (χ4v) is 5.81. The molecule has 15 heteroatoms. The van der Waals surface area contributed by atoms with Crippen LogP contribution in [0.25, 0.3) is 22.2 Å². The number of pyridine rings is 1. The van der Waals surface area contributed by atoms with Crippen LogP contribution >= 0.6 is 11.6 Å². The molecule has 2 aliphatic heterocycles. The third kappa shape index (κ3) is 5.07. The predicted octanol–water partition coefficient (Wildman–Crippen LogP) is 4.05. The number of aryl methyl sites for hydroxylation is 1. The Bertz CT molecular complexity index is 1890. The Hall–Kier alpha value is -4.43. The van der Waals surface area contributed by atoms with Crippen LogP contribution in [0, 0.1) is 17.6 Å². The van der Waals surface area contributed by atoms with E-state index in [2.05, 4.69) is 15.3 Å². The van der Waals surface area contributed by atoms with Crippen LogP contribution < -0.4 is 15.8 Å². The van der Waals surface area contributed by atoms with Gasteiger partial charge in [-0.15, -0.1) is 0 Å². The molecule has 230 valence electrons. The standard InChI is InChI=1S/C29H26ClF3N6O5/c1-14-13-44-7-6-38(14)20-9-18(23(30)27(33)35-20)34-21(41)11-37-10-17(16-8-15(12-40)26(42)25(32)24(16)31)22-28(37)36-19-4-2-3-5-39(19)29(22)43/h8-10,12,14,42H,2-7,11,13H2,1H3,(H,34,35,41). The summed E-state index contributed by atoms with van der Waals surface area (Å²) in [4.78, 5) is 48.8. The summed E-state index contributed by atoms with van der Waals surface area (Å²) < 4.78 is 52.7. The third-order valence-corrected chi connectivity index (χ3v) is 8.23. The van der Waals surface area contributed by atoms with Gasteiger partial charge in [-0.25, -0.2) is 14.4 Å². The fourth-order valence-electron chi connectivity index (χ4n) is 5.67. The summed E-state index contributed by atoms with van der Waals surface area (Å²) in [6, 6.07) is 2.27. The molecule has 5 heterocycles.